The Kier molecular flexibility index (Phi) is 51.7. The van der Waals surface area contributed by atoms with Gasteiger partial charge in [-0.1, -0.05) is 0 Å². The number of hydrogen-bond acceptors (Lipinski definition) is 1. The molecule has 0 aromatic carbocycles. The number of rotatable bonds is 0. The van der Waals surface area contributed by atoms with Gasteiger partial charge in [0.2, 0.25) is 9.23 Å². The standard InChI is InChI=1S/Cl2OS.2ClH.Zn/c1-4(2)3;;;/h;2*1H;/q;;;+2/p-2. The van der Waals surface area contributed by atoms with E-state index in [-0.39, 0.29) is 44.3 Å². The zero-order valence-corrected chi connectivity index (χ0v) is 9.84. The summed E-state index contributed by atoms with van der Waals surface area (Å²) in [7, 11) is 7.36. The van der Waals surface area contributed by atoms with Crippen molar-refractivity contribution in [2.75, 3.05) is 0 Å². The maximum Gasteiger partial charge on any atom is 2.00 e. The second-order valence-electron chi connectivity index (χ2n) is 0.184. The van der Waals surface area contributed by atoms with Crippen LogP contribution in [-0.4, -0.2) is 4.21 Å². The summed E-state index contributed by atoms with van der Waals surface area (Å²) in [4.78, 5) is 0. The Bertz CT molecular complexity index is 34.7. The van der Waals surface area contributed by atoms with E-state index in [1.807, 2.05) is 0 Å². The van der Waals surface area contributed by atoms with Gasteiger partial charge in [0.25, 0.3) is 0 Å². The molecule has 1 nitrogen and oxygen atoms in total. The minimum atomic E-state index is -1.67. The van der Waals surface area contributed by atoms with Crippen LogP contribution in [0.25, 0.3) is 0 Å². The molecule has 0 aliphatic heterocycles. The van der Waals surface area contributed by atoms with Crippen LogP contribution in [0.15, 0.2) is 0 Å². The van der Waals surface area contributed by atoms with Crippen molar-refractivity contribution in [2.24, 2.45) is 0 Å². The van der Waals surface area contributed by atoms with E-state index in [1.165, 1.54) is 0 Å². The van der Waals surface area contributed by atoms with E-state index in [0.717, 1.165) is 0 Å². The van der Waals surface area contributed by atoms with Gasteiger partial charge < -0.3 is 24.8 Å². The van der Waals surface area contributed by atoms with E-state index in [4.69, 9.17) is 4.21 Å². The summed E-state index contributed by atoms with van der Waals surface area (Å²) in [6, 6.07) is 0. The predicted octanol–water partition coefficient (Wildman–Crippen LogP) is -4.95. The zero-order valence-electron chi connectivity index (χ0n) is 3.04. The van der Waals surface area contributed by atoms with Crippen molar-refractivity contribution >= 4 is 30.6 Å². The maximum atomic E-state index is 9.09. The van der Waals surface area contributed by atoms with Crippen LogP contribution in [0.5, 0.6) is 0 Å². The first kappa shape index (κ1) is 23.1. The van der Waals surface area contributed by atoms with Crippen molar-refractivity contribution in [2.45, 2.75) is 0 Å². The molecule has 0 unspecified atom stereocenters. The molecule has 0 atom stereocenters. The summed E-state index contributed by atoms with van der Waals surface area (Å²) in [6.45, 7) is 0. The summed E-state index contributed by atoms with van der Waals surface area (Å²) < 4.78 is 9.09. The Labute approximate surface area is 78.6 Å². The van der Waals surface area contributed by atoms with E-state index in [2.05, 4.69) is 21.4 Å². The molecule has 0 amide bonds. The second-order valence-corrected chi connectivity index (χ2v) is 2.71. The SMILES string of the molecule is O=S(Cl)Cl.[Cl-].[Cl-].[Zn+2]. The third-order valence-electron chi connectivity index (χ3n) is 0. The third-order valence-corrected chi connectivity index (χ3v) is 0. The van der Waals surface area contributed by atoms with Crippen molar-refractivity contribution in [3.8, 4) is 0 Å². The van der Waals surface area contributed by atoms with Gasteiger partial charge in [0.1, 0.15) is 0 Å². The van der Waals surface area contributed by atoms with Crippen LogP contribution in [-0.2, 0) is 28.7 Å². The average molecular weight is 255 g/mol. The molecule has 0 aromatic rings. The molecule has 0 fully saturated rings. The Hall–Kier alpha value is 1.93. The topological polar surface area (TPSA) is 17.1 Å². The second kappa shape index (κ2) is 15.7. The molecular weight excluding hydrogens is 255 g/mol. The van der Waals surface area contributed by atoms with Crippen molar-refractivity contribution < 1.29 is 48.5 Å². The van der Waals surface area contributed by atoms with E-state index >= 15 is 0 Å². The van der Waals surface area contributed by atoms with Gasteiger partial charge in [-0.2, -0.15) is 0 Å². The molecule has 0 saturated carbocycles. The first-order valence-corrected chi connectivity index (χ1v) is 3.28. The van der Waals surface area contributed by atoms with Crippen molar-refractivity contribution in [3.63, 3.8) is 0 Å². The summed E-state index contributed by atoms with van der Waals surface area (Å²) in [5, 5.41) is 0. The fourth-order valence-corrected chi connectivity index (χ4v) is 0. The minimum absolute atomic E-state index is 0. The molecule has 7 heteroatoms. The van der Waals surface area contributed by atoms with Crippen molar-refractivity contribution in [3.05, 3.63) is 0 Å². The number of hydrogen-bond donors (Lipinski definition) is 0. The predicted molar refractivity (Wildman–Crippen MR) is 19.8 cm³/mol. The zero-order chi connectivity index (χ0) is 3.58. The van der Waals surface area contributed by atoms with E-state index in [0.29, 0.717) is 0 Å². The van der Waals surface area contributed by atoms with Crippen molar-refractivity contribution in [1.82, 2.24) is 0 Å². The first-order valence-electron chi connectivity index (χ1n) is 0.475. The molecule has 0 bridgehead atoms. The van der Waals surface area contributed by atoms with Gasteiger partial charge in [-0.25, -0.2) is 4.21 Å². The van der Waals surface area contributed by atoms with E-state index < -0.39 is 9.23 Å². The molecule has 0 aromatic heterocycles. The van der Waals surface area contributed by atoms with Crippen LogP contribution >= 0.6 is 21.4 Å². The van der Waals surface area contributed by atoms with Crippen molar-refractivity contribution in [1.29, 1.82) is 0 Å². The third kappa shape index (κ3) is 74.7. The Balaban J connectivity index is -0.0000000150. The minimum Gasteiger partial charge on any atom is -1.00 e. The molecule has 0 N–H and O–H groups in total. The molecule has 7 heavy (non-hydrogen) atoms. The molecule has 0 aliphatic carbocycles. The first-order chi connectivity index (χ1) is 1.73. The molecular formula is Cl4OSZn. The fraction of sp³-hybridized carbons (Fsp3) is 0. The Morgan fingerprint density at radius 3 is 1.14 bits per heavy atom. The maximum absolute atomic E-state index is 9.09. The van der Waals surface area contributed by atoms with Gasteiger partial charge in [0.15, 0.2) is 0 Å². The Morgan fingerprint density at radius 1 is 1.14 bits per heavy atom. The van der Waals surface area contributed by atoms with E-state index in [1.54, 1.807) is 0 Å². The summed E-state index contributed by atoms with van der Waals surface area (Å²) in [5.74, 6) is 0. The summed E-state index contributed by atoms with van der Waals surface area (Å²) >= 11 is 0. The summed E-state index contributed by atoms with van der Waals surface area (Å²) in [6.07, 6.45) is 0. The van der Waals surface area contributed by atoms with Crippen LogP contribution < -0.4 is 24.8 Å². The fourth-order valence-electron chi connectivity index (χ4n) is 0. The van der Waals surface area contributed by atoms with Gasteiger partial charge in [0, 0.05) is 21.4 Å². The molecule has 0 radical (unpaired) electrons. The monoisotopic (exact) mass is 252 g/mol. The van der Waals surface area contributed by atoms with Gasteiger partial charge in [-0.05, 0) is 0 Å². The normalized spacial score (nSPS) is 5.00. The van der Waals surface area contributed by atoms with Gasteiger partial charge in [0.05, 0.1) is 0 Å². The van der Waals surface area contributed by atoms with Crippen LogP contribution in [0.3, 0.4) is 0 Å². The molecule has 0 aliphatic rings. The van der Waals surface area contributed by atoms with Crippen LogP contribution in [0, 0.1) is 0 Å². The van der Waals surface area contributed by atoms with Gasteiger partial charge in [-0.3, -0.25) is 0 Å². The number of halogens is 4. The molecule has 0 heterocycles. The smallest absolute Gasteiger partial charge is 1.00 e. The molecule has 0 saturated heterocycles. The molecule has 0 rings (SSSR count). The average Bonchev–Trinajstić information content (AvgIpc) is 0.811. The summed E-state index contributed by atoms with van der Waals surface area (Å²) in [5.41, 5.74) is 0. The molecule has 42 valence electrons. The quantitative estimate of drug-likeness (QED) is 0.313. The van der Waals surface area contributed by atoms with Gasteiger partial charge in [-0.15, -0.1) is 0 Å². The largest absolute Gasteiger partial charge is 2.00 e. The van der Waals surface area contributed by atoms with E-state index in [9.17, 15) is 0 Å². The van der Waals surface area contributed by atoms with Crippen LogP contribution in [0.2, 0.25) is 0 Å². The van der Waals surface area contributed by atoms with Crippen LogP contribution in [0.4, 0.5) is 0 Å². The van der Waals surface area contributed by atoms with Crippen LogP contribution in [0.1, 0.15) is 0 Å². The molecule has 0 spiro atoms. The van der Waals surface area contributed by atoms with Gasteiger partial charge >= 0.3 is 19.5 Å². The Morgan fingerprint density at radius 2 is 1.14 bits per heavy atom.